The molecular formula is C12H21N3O2. The minimum absolute atomic E-state index is 0.137. The van der Waals surface area contributed by atoms with Gasteiger partial charge in [0.25, 0.3) is 0 Å². The standard InChI is InChI=1S/C12H21N3O2/c1-12(2,16-3)5-7-17-9-10-4-6-14-11(8-10)15-13/h4,6,8H,5,7,9,13H2,1-3H3,(H,14,15). The quantitative estimate of drug-likeness (QED) is 0.430. The summed E-state index contributed by atoms with van der Waals surface area (Å²) in [6.45, 7) is 5.30. The molecule has 0 radical (unpaired) electrons. The van der Waals surface area contributed by atoms with E-state index in [0.717, 1.165) is 12.0 Å². The van der Waals surface area contributed by atoms with Gasteiger partial charge in [0.15, 0.2) is 0 Å². The molecule has 0 spiro atoms. The molecule has 1 aromatic rings. The van der Waals surface area contributed by atoms with Crippen molar-refractivity contribution in [3.8, 4) is 0 Å². The van der Waals surface area contributed by atoms with Crippen LogP contribution in [0.3, 0.4) is 0 Å². The summed E-state index contributed by atoms with van der Waals surface area (Å²) in [5.41, 5.74) is 3.41. The van der Waals surface area contributed by atoms with E-state index in [-0.39, 0.29) is 5.60 Å². The third-order valence-corrected chi connectivity index (χ3v) is 2.64. The first-order valence-electron chi connectivity index (χ1n) is 5.62. The van der Waals surface area contributed by atoms with Crippen LogP contribution in [-0.2, 0) is 16.1 Å². The molecule has 0 atom stereocenters. The van der Waals surface area contributed by atoms with Crippen LogP contribution in [0, 0.1) is 0 Å². The van der Waals surface area contributed by atoms with Gasteiger partial charge >= 0.3 is 0 Å². The van der Waals surface area contributed by atoms with Gasteiger partial charge in [0.1, 0.15) is 5.82 Å². The van der Waals surface area contributed by atoms with Crippen molar-refractivity contribution in [2.45, 2.75) is 32.5 Å². The second kappa shape index (κ2) is 6.54. The Labute approximate surface area is 102 Å². The van der Waals surface area contributed by atoms with Gasteiger partial charge in [-0.2, -0.15) is 0 Å². The van der Waals surface area contributed by atoms with E-state index >= 15 is 0 Å². The third-order valence-electron chi connectivity index (χ3n) is 2.64. The summed E-state index contributed by atoms with van der Waals surface area (Å²) >= 11 is 0. The molecule has 0 aliphatic rings. The van der Waals surface area contributed by atoms with Crippen LogP contribution in [-0.4, -0.2) is 24.3 Å². The van der Waals surface area contributed by atoms with Crippen LogP contribution < -0.4 is 11.3 Å². The number of aromatic nitrogens is 1. The van der Waals surface area contributed by atoms with E-state index in [1.54, 1.807) is 13.3 Å². The maximum absolute atomic E-state index is 5.58. The topological polar surface area (TPSA) is 69.4 Å². The van der Waals surface area contributed by atoms with Crippen LogP contribution in [0.5, 0.6) is 0 Å². The number of anilines is 1. The summed E-state index contributed by atoms with van der Waals surface area (Å²) in [4.78, 5) is 4.03. The number of hydrogen-bond donors (Lipinski definition) is 2. The van der Waals surface area contributed by atoms with Crippen LogP contribution in [0.4, 0.5) is 5.82 Å². The lowest BCUT2D eigenvalue weighted by Crippen LogP contribution is -2.24. The Bertz CT molecular complexity index is 342. The molecule has 0 saturated carbocycles. The van der Waals surface area contributed by atoms with E-state index in [2.05, 4.69) is 10.4 Å². The molecule has 0 aliphatic heterocycles. The summed E-state index contributed by atoms with van der Waals surface area (Å²) in [5, 5.41) is 0. The molecule has 0 unspecified atom stereocenters. The molecule has 1 aromatic heterocycles. The fraction of sp³-hybridized carbons (Fsp3) is 0.583. The Hall–Kier alpha value is -1.17. The SMILES string of the molecule is COC(C)(C)CCOCc1ccnc(NN)c1. The molecule has 0 fully saturated rings. The van der Waals surface area contributed by atoms with Crippen LogP contribution in [0.2, 0.25) is 0 Å². The molecule has 0 bridgehead atoms. The summed E-state index contributed by atoms with van der Waals surface area (Å²) in [5.74, 6) is 5.92. The van der Waals surface area contributed by atoms with Crippen LogP contribution in [0.25, 0.3) is 0 Å². The zero-order valence-corrected chi connectivity index (χ0v) is 10.7. The van der Waals surface area contributed by atoms with Gasteiger partial charge in [0.2, 0.25) is 0 Å². The minimum atomic E-state index is -0.137. The van der Waals surface area contributed by atoms with E-state index in [0.29, 0.717) is 19.0 Å². The molecule has 0 saturated heterocycles. The zero-order chi connectivity index (χ0) is 12.7. The summed E-state index contributed by atoms with van der Waals surface area (Å²) < 4.78 is 10.9. The van der Waals surface area contributed by atoms with Crippen molar-refractivity contribution in [3.05, 3.63) is 23.9 Å². The fourth-order valence-electron chi connectivity index (χ4n) is 1.25. The van der Waals surface area contributed by atoms with Gasteiger partial charge in [-0.1, -0.05) is 0 Å². The largest absolute Gasteiger partial charge is 0.379 e. The predicted molar refractivity (Wildman–Crippen MR) is 67.4 cm³/mol. The zero-order valence-electron chi connectivity index (χ0n) is 10.7. The van der Waals surface area contributed by atoms with Crippen molar-refractivity contribution in [1.82, 2.24) is 4.98 Å². The van der Waals surface area contributed by atoms with Gasteiger partial charge in [0.05, 0.1) is 12.2 Å². The van der Waals surface area contributed by atoms with Crippen LogP contribution in [0.15, 0.2) is 18.3 Å². The number of methoxy groups -OCH3 is 1. The van der Waals surface area contributed by atoms with Crippen molar-refractivity contribution in [2.75, 3.05) is 19.1 Å². The van der Waals surface area contributed by atoms with Crippen LogP contribution in [0.1, 0.15) is 25.8 Å². The van der Waals surface area contributed by atoms with E-state index in [1.165, 1.54) is 0 Å². The molecule has 0 aliphatic carbocycles. The van der Waals surface area contributed by atoms with E-state index < -0.39 is 0 Å². The molecule has 1 heterocycles. The first-order chi connectivity index (χ1) is 8.07. The van der Waals surface area contributed by atoms with Gasteiger partial charge in [0, 0.05) is 19.9 Å². The lowest BCUT2D eigenvalue weighted by molar-refractivity contribution is -0.0124. The van der Waals surface area contributed by atoms with Gasteiger partial charge < -0.3 is 14.9 Å². The maximum Gasteiger partial charge on any atom is 0.140 e. The highest BCUT2D eigenvalue weighted by Crippen LogP contribution is 2.13. The van der Waals surface area contributed by atoms with Crippen LogP contribution >= 0.6 is 0 Å². The smallest absolute Gasteiger partial charge is 0.140 e. The third kappa shape index (κ3) is 5.12. The molecule has 0 aromatic carbocycles. The number of ether oxygens (including phenoxy) is 2. The summed E-state index contributed by atoms with van der Waals surface area (Å²) in [6.07, 6.45) is 2.56. The Balaban J connectivity index is 2.31. The molecule has 3 N–H and O–H groups in total. The van der Waals surface area contributed by atoms with Crippen molar-refractivity contribution in [3.63, 3.8) is 0 Å². The maximum atomic E-state index is 5.58. The van der Waals surface area contributed by atoms with E-state index in [1.807, 2.05) is 26.0 Å². The molecule has 17 heavy (non-hydrogen) atoms. The highest BCUT2D eigenvalue weighted by Gasteiger charge is 2.15. The summed E-state index contributed by atoms with van der Waals surface area (Å²) in [7, 11) is 1.71. The molecule has 1 rings (SSSR count). The lowest BCUT2D eigenvalue weighted by Gasteiger charge is -2.22. The highest BCUT2D eigenvalue weighted by molar-refractivity contribution is 5.35. The number of pyridine rings is 1. The number of nitrogen functional groups attached to an aromatic ring is 1. The second-order valence-corrected chi connectivity index (χ2v) is 4.46. The normalized spacial score (nSPS) is 11.5. The Morgan fingerprint density at radius 1 is 1.47 bits per heavy atom. The highest BCUT2D eigenvalue weighted by atomic mass is 16.5. The van der Waals surface area contributed by atoms with Gasteiger partial charge in [-0.15, -0.1) is 0 Å². The van der Waals surface area contributed by atoms with E-state index in [4.69, 9.17) is 15.3 Å². The Morgan fingerprint density at radius 3 is 2.88 bits per heavy atom. The number of nitrogens with zero attached hydrogens (tertiary/aromatic N) is 1. The second-order valence-electron chi connectivity index (χ2n) is 4.46. The first kappa shape index (κ1) is 13.9. The van der Waals surface area contributed by atoms with Gasteiger partial charge in [-0.3, -0.25) is 0 Å². The van der Waals surface area contributed by atoms with Crippen molar-refractivity contribution >= 4 is 5.82 Å². The predicted octanol–water partition coefficient (Wildman–Crippen LogP) is 1.70. The van der Waals surface area contributed by atoms with E-state index in [9.17, 15) is 0 Å². The number of hydrazine groups is 1. The summed E-state index contributed by atoms with van der Waals surface area (Å²) in [6, 6.07) is 3.77. The number of nitrogens with two attached hydrogens (primary N) is 1. The number of hydrogen-bond acceptors (Lipinski definition) is 5. The molecule has 5 nitrogen and oxygen atoms in total. The van der Waals surface area contributed by atoms with Gasteiger partial charge in [-0.25, -0.2) is 10.8 Å². The van der Waals surface area contributed by atoms with Crippen molar-refractivity contribution in [2.24, 2.45) is 5.84 Å². The van der Waals surface area contributed by atoms with Crippen molar-refractivity contribution < 1.29 is 9.47 Å². The van der Waals surface area contributed by atoms with Crippen molar-refractivity contribution in [1.29, 1.82) is 0 Å². The minimum Gasteiger partial charge on any atom is -0.379 e. The van der Waals surface area contributed by atoms with Gasteiger partial charge in [-0.05, 0) is 38.0 Å². The average Bonchev–Trinajstić information content (AvgIpc) is 2.35. The fourth-order valence-corrected chi connectivity index (χ4v) is 1.25. The molecule has 5 heteroatoms. The Kier molecular flexibility index (Phi) is 5.34. The first-order valence-corrected chi connectivity index (χ1v) is 5.62. The molecule has 0 amide bonds. The number of nitrogens with one attached hydrogen (secondary N) is 1. The molecule has 96 valence electrons. The lowest BCUT2D eigenvalue weighted by atomic mass is 10.1. The number of rotatable bonds is 7. The molecular weight excluding hydrogens is 218 g/mol. The monoisotopic (exact) mass is 239 g/mol. The average molecular weight is 239 g/mol. The Morgan fingerprint density at radius 2 is 2.24 bits per heavy atom.